The monoisotopic (exact) mass is 163 g/mol. The maximum Gasteiger partial charge on any atom is 0.290 e. The summed E-state index contributed by atoms with van der Waals surface area (Å²) < 4.78 is 4.90. The van der Waals surface area contributed by atoms with Gasteiger partial charge in [0, 0.05) is 7.05 Å². The highest BCUT2D eigenvalue weighted by Crippen LogP contribution is 2.02. The fraction of sp³-hybridized carbons (Fsp3) is 0.222. The molecule has 0 aliphatic carbocycles. The van der Waals surface area contributed by atoms with E-state index in [-0.39, 0.29) is 5.91 Å². The molecule has 1 aromatic heterocycles. The first kappa shape index (κ1) is 8.41. The smallest absolute Gasteiger partial charge is 0.290 e. The third kappa shape index (κ3) is 1.67. The SMILES string of the molecule is C#CCN(C)C(=O)c1ccco1. The second-order valence-corrected chi connectivity index (χ2v) is 2.34. The first-order chi connectivity index (χ1) is 5.75. The molecular weight excluding hydrogens is 154 g/mol. The summed E-state index contributed by atoms with van der Waals surface area (Å²) in [5.41, 5.74) is 0. The highest BCUT2D eigenvalue weighted by atomic mass is 16.3. The average Bonchev–Trinajstić information content (AvgIpc) is 2.55. The molecule has 1 heterocycles. The first-order valence-corrected chi connectivity index (χ1v) is 3.48. The molecule has 1 amide bonds. The van der Waals surface area contributed by atoms with E-state index in [9.17, 15) is 4.79 Å². The van der Waals surface area contributed by atoms with Crippen LogP contribution in [0.25, 0.3) is 0 Å². The van der Waals surface area contributed by atoms with E-state index in [2.05, 4.69) is 5.92 Å². The summed E-state index contributed by atoms with van der Waals surface area (Å²) in [5, 5.41) is 0. The predicted molar refractivity (Wildman–Crippen MR) is 44.5 cm³/mol. The standard InChI is InChI=1S/C9H9NO2/c1-3-6-10(2)9(11)8-5-4-7-12-8/h1,4-5,7H,6H2,2H3. The molecule has 0 aliphatic heterocycles. The lowest BCUT2D eigenvalue weighted by molar-refractivity contribution is 0.0781. The van der Waals surface area contributed by atoms with Crippen molar-refractivity contribution in [3.63, 3.8) is 0 Å². The first-order valence-electron chi connectivity index (χ1n) is 3.48. The third-order valence-corrected chi connectivity index (χ3v) is 1.41. The maximum absolute atomic E-state index is 11.3. The van der Waals surface area contributed by atoms with Gasteiger partial charge in [-0.15, -0.1) is 6.42 Å². The van der Waals surface area contributed by atoms with E-state index in [1.165, 1.54) is 11.2 Å². The lowest BCUT2D eigenvalue weighted by atomic mass is 10.4. The molecule has 0 N–H and O–H groups in total. The minimum Gasteiger partial charge on any atom is -0.459 e. The summed E-state index contributed by atoms with van der Waals surface area (Å²) in [4.78, 5) is 12.7. The van der Waals surface area contributed by atoms with Crippen LogP contribution in [0.15, 0.2) is 22.8 Å². The Hall–Kier alpha value is -1.69. The van der Waals surface area contributed by atoms with Crippen molar-refractivity contribution in [3.05, 3.63) is 24.2 Å². The van der Waals surface area contributed by atoms with Crippen LogP contribution in [-0.2, 0) is 0 Å². The molecule has 12 heavy (non-hydrogen) atoms. The molecule has 3 heteroatoms. The molecule has 0 aliphatic rings. The molecule has 0 spiro atoms. The van der Waals surface area contributed by atoms with Crippen molar-refractivity contribution >= 4 is 5.91 Å². The largest absolute Gasteiger partial charge is 0.459 e. The van der Waals surface area contributed by atoms with Crippen molar-refractivity contribution in [1.82, 2.24) is 4.90 Å². The summed E-state index contributed by atoms with van der Waals surface area (Å²) in [6.45, 7) is 0.291. The Morgan fingerprint density at radius 2 is 2.58 bits per heavy atom. The van der Waals surface area contributed by atoms with E-state index in [4.69, 9.17) is 10.8 Å². The molecule has 0 atom stereocenters. The van der Waals surface area contributed by atoms with Crippen LogP contribution in [0.1, 0.15) is 10.6 Å². The van der Waals surface area contributed by atoms with Crippen molar-refractivity contribution in [3.8, 4) is 12.3 Å². The zero-order valence-corrected chi connectivity index (χ0v) is 6.78. The number of carbonyl (C=O) groups is 1. The van der Waals surface area contributed by atoms with Crippen molar-refractivity contribution < 1.29 is 9.21 Å². The minimum absolute atomic E-state index is 0.196. The number of amides is 1. The third-order valence-electron chi connectivity index (χ3n) is 1.41. The molecule has 0 saturated carbocycles. The zero-order valence-electron chi connectivity index (χ0n) is 6.78. The van der Waals surface area contributed by atoms with Crippen LogP contribution in [0.4, 0.5) is 0 Å². The van der Waals surface area contributed by atoms with Gasteiger partial charge in [-0.05, 0) is 12.1 Å². The second-order valence-electron chi connectivity index (χ2n) is 2.34. The average molecular weight is 163 g/mol. The van der Waals surface area contributed by atoms with Crippen molar-refractivity contribution in [2.24, 2.45) is 0 Å². The van der Waals surface area contributed by atoms with E-state index >= 15 is 0 Å². The predicted octanol–water partition coefficient (Wildman–Crippen LogP) is 0.985. The van der Waals surface area contributed by atoms with E-state index < -0.39 is 0 Å². The van der Waals surface area contributed by atoms with Crippen molar-refractivity contribution in [2.45, 2.75) is 0 Å². The second kappa shape index (κ2) is 3.63. The summed E-state index contributed by atoms with van der Waals surface area (Å²) in [5.74, 6) is 2.49. The maximum atomic E-state index is 11.3. The lowest BCUT2D eigenvalue weighted by Gasteiger charge is -2.10. The molecule has 0 fully saturated rings. The molecule has 62 valence electrons. The molecule has 1 rings (SSSR count). The van der Waals surface area contributed by atoms with Gasteiger partial charge < -0.3 is 9.32 Å². The number of hydrogen-bond acceptors (Lipinski definition) is 2. The Morgan fingerprint density at radius 1 is 1.83 bits per heavy atom. The van der Waals surface area contributed by atoms with Crippen LogP contribution in [0.2, 0.25) is 0 Å². The Labute approximate surface area is 71.0 Å². The number of carbonyl (C=O) groups excluding carboxylic acids is 1. The lowest BCUT2D eigenvalue weighted by Crippen LogP contribution is -2.26. The number of terminal acetylenes is 1. The Morgan fingerprint density at radius 3 is 3.08 bits per heavy atom. The van der Waals surface area contributed by atoms with Gasteiger partial charge in [0.25, 0.3) is 5.91 Å². The van der Waals surface area contributed by atoms with Gasteiger partial charge in [0.15, 0.2) is 5.76 Å². The summed E-state index contributed by atoms with van der Waals surface area (Å²) >= 11 is 0. The van der Waals surface area contributed by atoms with Gasteiger partial charge in [0.05, 0.1) is 12.8 Å². The van der Waals surface area contributed by atoms with Crippen LogP contribution in [0, 0.1) is 12.3 Å². The summed E-state index contributed by atoms with van der Waals surface area (Å²) in [6.07, 6.45) is 6.50. The van der Waals surface area contributed by atoms with Gasteiger partial charge >= 0.3 is 0 Å². The molecule has 0 aromatic carbocycles. The van der Waals surface area contributed by atoms with E-state index in [1.807, 2.05) is 0 Å². The van der Waals surface area contributed by atoms with Crippen LogP contribution >= 0.6 is 0 Å². The van der Waals surface area contributed by atoms with Crippen LogP contribution < -0.4 is 0 Å². The summed E-state index contributed by atoms with van der Waals surface area (Å²) in [7, 11) is 1.63. The zero-order chi connectivity index (χ0) is 8.97. The highest BCUT2D eigenvalue weighted by molar-refractivity contribution is 5.91. The molecule has 0 unspecified atom stereocenters. The van der Waals surface area contributed by atoms with E-state index in [1.54, 1.807) is 19.2 Å². The Balaban J connectivity index is 2.67. The Bertz CT molecular complexity index is 295. The van der Waals surface area contributed by atoms with Gasteiger partial charge in [-0.25, -0.2) is 0 Å². The van der Waals surface area contributed by atoms with E-state index in [0.29, 0.717) is 12.3 Å². The van der Waals surface area contributed by atoms with Crippen LogP contribution in [0.5, 0.6) is 0 Å². The van der Waals surface area contributed by atoms with Crippen LogP contribution in [-0.4, -0.2) is 24.4 Å². The minimum atomic E-state index is -0.196. The van der Waals surface area contributed by atoms with Gasteiger partial charge in [0.2, 0.25) is 0 Å². The Kier molecular flexibility index (Phi) is 2.54. The molecule has 0 radical (unpaired) electrons. The fourth-order valence-electron chi connectivity index (χ4n) is 0.797. The van der Waals surface area contributed by atoms with Crippen molar-refractivity contribution in [2.75, 3.05) is 13.6 Å². The number of rotatable bonds is 2. The van der Waals surface area contributed by atoms with Gasteiger partial charge in [0.1, 0.15) is 0 Å². The van der Waals surface area contributed by atoms with Crippen molar-refractivity contribution in [1.29, 1.82) is 0 Å². The fourth-order valence-corrected chi connectivity index (χ4v) is 0.797. The normalized spacial score (nSPS) is 9.00. The van der Waals surface area contributed by atoms with E-state index in [0.717, 1.165) is 0 Å². The molecule has 0 bridgehead atoms. The van der Waals surface area contributed by atoms with Gasteiger partial charge in [-0.1, -0.05) is 5.92 Å². The number of nitrogens with zero attached hydrogens (tertiary/aromatic N) is 1. The topological polar surface area (TPSA) is 33.5 Å². The van der Waals surface area contributed by atoms with Gasteiger partial charge in [-0.2, -0.15) is 0 Å². The molecule has 3 nitrogen and oxygen atoms in total. The number of hydrogen-bond donors (Lipinski definition) is 0. The highest BCUT2D eigenvalue weighted by Gasteiger charge is 2.12. The molecular formula is C9H9NO2. The van der Waals surface area contributed by atoms with Gasteiger partial charge in [-0.3, -0.25) is 4.79 Å². The molecule has 0 saturated heterocycles. The number of furan rings is 1. The quantitative estimate of drug-likeness (QED) is 0.609. The molecule has 1 aromatic rings. The van der Waals surface area contributed by atoms with Crippen LogP contribution in [0.3, 0.4) is 0 Å². The summed E-state index contributed by atoms with van der Waals surface area (Å²) in [6, 6.07) is 3.27.